The minimum atomic E-state index is -1.05. The van der Waals surface area contributed by atoms with Gasteiger partial charge in [-0.25, -0.2) is 9.59 Å². The van der Waals surface area contributed by atoms with Crippen molar-refractivity contribution in [1.82, 2.24) is 0 Å². The van der Waals surface area contributed by atoms with Gasteiger partial charge in [0.2, 0.25) is 11.8 Å². The van der Waals surface area contributed by atoms with Gasteiger partial charge in [-0.3, -0.25) is 9.59 Å². The van der Waals surface area contributed by atoms with Gasteiger partial charge in [-0.1, -0.05) is 0 Å². The maximum atomic E-state index is 12.0. The fraction of sp³-hybridized carbons (Fsp3) is 0.200. The molecule has 0 aliphatic heterocycles. The number of amides is 2. The molecule has 0 aromatic heterocycles. The van der Waals surface area contributed by atoms with Crippen LogP contribution in [-0.4, -0.2) is 35.5 Å². The van der Waals surface area contributed by atoms with Crippen molar-refractivity contribution in [3.05, 3.63) is 59.7 Å². The second-order valence-corrected chi connectivity index (χ2v) is 5.78. The normalized spacial score (nSPS) is 10.0. The Balaban J connectivity index is 1.79. The smallest absolute Gasteiger partial charge is 0.338 e. The molecule has 2 rings (SSSR count). The highest BCUT2D eigenvalue weighted by molar-refractivity contribution is 5.97. The van der Waals surface area contributed by atoms with Crippen LogP contribution >= 0.6 is 0 Å². The molecule has 28 heavy (non-hydrogen) atoms. The van der Waals surface area contributed by atoms with Crippen molar-refractivity contribution in [3.63, 3.8) is 0 Å². The summed E-state index contributed by atoms with van der Waals surface area (Å²) in [6.07, 6.45) is -0.0634. The summed E-state index contributed by atoms with van der Waals surface area (Å²) in [6.45, 7) is 2.00. The number of hydrogen-bond donors (Lipinski definition) is 3. The Bertz CT molecular complexity index is 859. The molecule has 8 nitrogen and oxygen atoms in total. The number of benzene rings is 2. The van der Waals surface area contributed by atoms with Crippen LogP contribution in [0.5, 0.6) is 0 Å². The van der Waals surface area contributed by atoms with E-state index in [9.17, 15) is 19.2 Å². The van der Waals surface area contributed by atoms with E-state index in [1.807, 2.05) is 0 Å². The first-order chi connectivity index (χ1) is 13.4. The third-order valence-corrected chi connectivity index (χ3v) is 3.67. The highest BCUT2D eigenvalue weighted by Gasteiger charge is 2.10. The number of carbonyl (C=O) groups is 4. The van der Waals surface area contributed by atoms with E-state index in [4.69, 9.17) is 9.84 Å². The van der Waals surface area contributed by atoms with Gasteiger partial charge in [0, 0.05) is 24.2 Å². The van der Waals surface area contributed by atoms with Gasteiger partial charge in [0.25, 0.3) is 0 Å². The average molecular weight is 384 g/mol. The summed E-state index contributed by atoms with van der Waals surface area (Å²) in [5.41, 5.74) is 1.45. The third-order valence-electron chi connectivity index (χ3n) is 3.67. The van der Waals surface area contributed by atoms with E-state index >= 15 is 0 Å². The van der Waals surface area contributed by atoms with Gasteiger partial charge in [-0.15, -0.1) is 0 Å². The predicted octanol–water partition coefficient (Wildman–Crippen LogP) is 2.92. The van der Waals surface area contributed by atoms with Crippen molar-refractivity contribution in [3.8, 4) is 0 Å². The van der Waals surface area contributed by atoms with Crippen molar-refractivity contribution in [2.45, 2.75) is 19.8 Å². The Morgan fingerprint density at radius 2 is 1.21 bits per heavy atom. The Kier molecular flexibility index (Phi) is 7.27. The lowest BCUT2D eigenvalue weighted by Gasteiger charge is -2.07. The fourth-order valence-electron chi connectivity index (χ4n) is 2.27. The summed E-state index contributed by atoms with van der Waals surface area (Å²) >= 11 is 0. The van der Waals surface area contributed by atoms with Crippen LogP contribution in [0.1, 0.15) is 40.5 Å². The third kappa shape index (κ3) is 6.24. The van der Waals surface area contributed by atoms with E-state index in [1.165, 1.54) is 24.3 Å². The second-order valence-electron chi connectivity index (χ2n) is 5.78. The molecule has 0 radical (unpaired) electrons. The largest absolute Gasteiger partial charge is 0.478 e. The molecule has 3 N–H and O–H groups in total. The van der Waals surface area contributed by atoms with Crippen LogP contribution in [-0.2, 0) is 14.3 Å². The number of nitrogens with one attached hydrogen (secondary N) is 2. The van der Waals surface area contributed by atoms with Crippen molar-refractivity contribution in [2.24, 2.45) is 0 Å². The minimum absolute atomic E-state index is 0.0291. The van der Waals surface area contributed by atoms with Gasteiger partial charge in [-0.05, 0) is 55.5 Å². The zero-order valence-corrected chi connectivity index (χ0v) is 15.2. The molecule has 0 atom stereocenters. The standard InChI is InChI=1S/C20H20N2O6/c1-2-28-20(27)14-5-9-16(10-6-14)22-18(24)12-11-17(23)21-15-7-3-13(4-8-15)19(25)26/h3-10H,2,11-12H2,1H3,(H,21,23)(H,22,24)(H,25,26). The number of rotatable bonds is 8. The number of esters is 1. The highest BCUT2D eigenvalue weighted by Crippen LogP contribution is 2.13. The van der Waals surface area contributed by atoms with Crippen LogP contribution in [0.15, 0.2) is 48.5 Å². The van der Waals surface area contributed by atoms with E-state index in [2.05, 4.69) is 10.6 Å². The lowest BCUT2D eigenvalue weighted by Crippen LogP contribution is -2.17. The van der Waals surface area contributed by atoms with Crippen LogP contribution in [0.4, 0.5) is 11.4 Å². The van der Waals surface area contributed by atoms with Crippen molar-refractivity contribution < 1.29 is 29.0 Å². The SMILES string of the molecule is CCOC(=O)c1ccc(NC(=O)CCC(=O)Nc2ccc(C(=O)O)cc2)cc1. The first-order valence-corrected chi connectivity index (χ1v) is 8.59. The summed E-state index contributed by atoms with van der Waals surface area (Å²) in [4.78, 5) is 46.2. The van der Waals surface area contributed by atoms with Crippen LogP contribution in [0.2, 0.25) is 0 Å². The molecular weight excluding hydrogens is 364 g/mol. The van der Waals surface area contributed by atoms with Crippen LogP contribution in [0.3, 0.4) is 0 Å². The number of hydrogen-bond acceptors (Lipinski definition) is 5. The monoisotopic (exact) mass is 384 g/mol. The molecule has 0 bridgehead atoms. The molecule has 0 saturated carbocycles. The Labute approximate surface area is 161 Å². The Morgan fingerprint density at radius 3 is 1.61 bits per heavy atom. The van der Waals surface area contributed by atoms with Gasteiger partial charge < -0.3 is 20.5 Å². The predicted molar refractivity (Wildman–Crippen MR) is 102 cm³/mol. The zero-order valence-electron chi connectivity index (χ0n) is 15.2. The number of aromatic carboxylic acids is 1. The number of anilines is 2. The molecular formula is C20H20N2O6. The van der Waals surface area contributed by atoms with Gasteiger partial charge >= 0.3 is 11.9 Å². The molecule has 0 aliphatic rings. The second kappa shape index (κ2) is 9.86. The first kappa shape index (κ1) is 20.6. The number of carbonyl (C=O) groups excluding carboxylic acids is 3. The van der Waals surface area contributed by atoms with Crippen molar-refractivity contribution >= 4 is 35.1 Å². The molecule has 0 spiro atoms. The van der Waals surface area contributed by atoms with Crippen molar-refractivity contribution in [1.29, 1.82) is 0 Å². The highest BCUT2D eigenvalue weighted by atomic mass is 16.5. The summed E-state index contributed by atoms with van der Waals surface area (Å²) in [6, 6.07) is 12.0. The maximum absolute atomic E-state index is 12.0. The Morgan fingerprint density at radius 1 is 0.786 bits per heavy atom. The van der Waals surface area contributed by atoms with Gasteiger partial charge in [0.1, 0.15) is 0 Å². The van der Waals surface area contributed by atoms with Crippen LogP contribution in [0, 0.1) is 0 Å². The van der Waals surface area contributed by atoms with Crippen LogP contribution in [0.25, 0.3) is 0 Å². The fourth-order valence-corrected chi connectivity index (χ4v) is 2.27. The number of carboxylic acids is 1. The topological polar surface area (TPSA) is 122 Å². The molecule has 8 heteroatoms. The molecule has 0 heterocycles. The number of carboxylic acid groups (broad SMARTS) is 1. The quantitative estimate of drug-likeness (QED) is 0.602. The maximum Gasteiger partial charge on any atom is 0.338 e. The van der Waals surface area contributed by atoms with Gasteiger partial charge in [-0.2, -0.15) is 0 Å². The molecule has 0 fully saturated rings. The molecule has 2 aromatic rings. The molecule has 2 amide bonds. The van der Waals surface area contributed by atoms with E-state index in [1.54, 1.807) is 31.2 Å². The average Bonchev–Trinajstić information content (AvgIpc) is 2.67. The van der Waals surface area contributed by atoms with E-state index in [0.29, 0.717) is 16.9 Å². The van der Waals surface area contributed by atoms with Gasteiger partial charge in [0.15, 0.2) is 0 Å². The minimum Gasteiger partial charge on any atom is -0.478 e. The summed E-state index contributed by atoms with van der Waals surface area (Å²) in [5.74, 6) is -2.20. The molecule has 146 valence electrons. The van der Waals surface area contributed by atoms with E-state index in [-0.39, 0.29) is 36.8 Å². The molecule has 0 unspecified atom stereocenters. The Hall–Kier alpha value is -3.68. The van der Waals surface area contributed by atoms with E-state index in [0.717, 1.165) is 0 Å². The molecule has 0 saturated heterocycles. The summed E-state index contributed by atoms with van der Waals surface area (Å²) in [7, 11) is 0. The van der Waals surface area contributed by atoms with Crippen LogP contribution < -0.4 is 10.6 Å². The van der Waals surface area contributed by atoms with E-state index < -0.39 is 11.9 Å². The summed E-state index contributed by atoms with van der Waals surface area (Å²) < 4.78 is 4.88. The van der Waals surface area contributed by atoms with Gasteiger partial charge in [0.05, 0.1) is 17.7 Å². The lowest BCUT2D eigenvalue weighted by atomic mass is 10.2. The number of ether oxygens (including phenoxy) is 1. The first-order valence-electron chi connectivity index (χ1n) is 8.59. The molecule has 0 aliphatic carbocycles. The summed E-state index contributed by atoms with van der Waals surface area (Å²) in [5, 5.41) is 14.1. The molecule has 2 aromatic carbocycles. The zero-order chi connectivity index (χ0) is 20.5. The lowest BCUT2D eigenvalue weighted by molar-refractivity contribution is -0.121. The van der Waals surface area contributed by atoms with Crippen molar-refractivity contribution in [2.75, 3.05) is 17.2 Å².